The van der Waals surface area contributed by atoms with E-state index in [4.69, 9.17) is 9.72 Å². The lowest BCUT2D eigenvalue weighted by molar-refractivity contribution is 0.316. The first kappa shape index (κ1) is 22.6. The number of benzene rings is 3. The summed E-state index contributed by atoms with van der Waals surface area (Å²) >= 11 is 1.62. The Morgan fingerprint density at radius 1 is 0.879 bits per heavy atom. The van der Waals surface area contributed by atoms with Gasteiger partial charge in [-0.1, -0.05) is 72.8 Å². The molecule has 0 saturated heterocycles. The normalized spacial score (nSPS) is 10.6. The standard InChI is InChI=1S/C29H26N2OS/c1-21-14-15-22(2)28(18-21)32-16-9-17-33-29-26(20-30)25(23-10-5-3-6-11-23)19-27(31-29)24-12-7-4-8-13-24/h3-8,10-15,18-19H,9,16-17H2,1-2H3. The van der Waals surface area contributed by atoms with E-state index in [1.807, 2.05) is 54.6 Å². The molecule has 33 heavy (non-hydrogen) atoms. The Morgan fingerprint density at radius 3 is 2.27 bits per heavy atom. The minimum absolute atomic E-state index is 0.626. The molecular weight excluding hydrogens is 424 g/mol. The van der Waals surface area contributed by atoms with Crippen LogP contribution in [0.25, 0.3) is 22.4 Å². The summed E-state index contributed by atoms with van der Waals surface area (Å²) < 4.78 is 6.00. The highest BCUT2D eigenvalue weighted by atomic mass is 32.2. The molecule has 4 aromatic rings. The Morgan fingerprint density at radius 2 is 1.58 bits per heavy atom. The molecule has 0 spiro atoms. The summed E-state index contributed by atoms with van der Waals surface area (Å²) in [6.45, 7) is 4.76. The average molecular weight is 451 g/mol. The van der Waals surface area contributed by atoms with Crippen molar-refractivity contribution in [1.82, 2.24) is 4.98 Å². The van der Waals surface area contributed by atoms with Gasteiger partial charge in [0.2, 0.25) is 0 Å². The number of aryl methyl sites for hydroxylation is 2. The molecule has 0 bridgehead atoms. The number of pyridine rings is 1. The molecule has 0 unspecified atom stereocenters. The number of nitrogens with zero attached hydrogens (tertiary/aromatic N) is 2. The third kappa shape index (κ3) is 5.63. The minimum atomic E-state index is 0.626. The van der Waals surface area contributed by atoms with Gasteiger partial charge in [-0.15, -0.1) is 11.8 Å². The second-order valence-electron chi connectivity index (χ2n) is 7.90. The summed E-state index contributed by atoms with van der Waals surface area (Å²) in [6, 6.07) is 30.9. The van der Waals surface area contributed by atoms with Crippen LogP contribution in [-0.4, -0.2) is 17.3 Å². The first-order valence-corrected chi connectivity index (χ1v) is 12.0. The third-order valence-corrected chi connectivity index (χ3v) is 6.44. The SMILES string of the molecule is Cc1ccc(C)c(OCCCSc2nc(-c3ccccc3)cc(-c3ccccc3)c2C#N)c1. The van der Waals surface area contributed by atoms with Crippen molar-refractivity contribution in [3.63, 3.8) is 0 Å². The second-order valence-corrected chi connectivity index (χ2v) is 8.98. The fraction of sp³-hybridized carbons (Fsp3) is 0.172. The van der Waals surface area contributed by atoms with Crippen LogP contribution in [0.4, 0.5) is 0 Å². The molecule has 3 aromatic carbocycles. The van der Waals surface area contributed by atoms with E-state index in [1.54, 1.807) is 11.8 Å². The van der Waals surface area contributed by atoms with Crippen molar-refractivity contribution in [3.05, 3.63) is 102 Å². The van der Waals surface area contributed by atoms with Gasteiger partial charge in [-0.05, 0) is 49.1 Å². The Hall–Kier alpha value is -3.55. The number of aromatic nitrogens is 1. The fourth-order valence-electron chi connectivity index (χ4n) is 3.61. The van der Waals surface area contributed by atoms with Gasteiger partial charge in [0.15, 0.2) is 0 Å². The molecule has 4 rings (SSSR count). The molecule has 0 aliphatic carbocycles. The maximum absolute atomic E-state index is 10.0. The molecule has 0 fully saturated rings. The molecule has 0 N–H and O–H groups in total. The first-order valence-electron chi connectivity index (χ1n) is 11.0. The third-order valence-electron chi connectivity index (χ3n) is 5.38. The van der Waals surface area contributed by atoms with Crippen LogP contribution in [-0.2, 0) is 0 Å². The Kier molecular flexibility index (Phi) is 7.44. The van der Waals surface area contributed by atoms with Crippen molar-refractivity contribution in [1.29, 1.82) is 5.26 Å². The van der Waals surface area contributed by atoms with E-state index in [0.717, 1.165) is 50.9 Å². The maximum Gasteiger partial charge on any atom is 0.122 e. The van der Waals surface area contributed by atoms with Crippen molar-refractivity contribution >= 4 is 11.8 Å². The molecule has 0 amide bonds. The number of hydrogen-bond acceptors (Lipinski definition) is 4. The lowest BCUT2D eigenvalue weighted by Crippen LogP contribution is -2.01. The monoisotopic (exact) mass is 450 g/mol. The van der Waals surface area contributed by atoms with Crippen LogP contribution >= 0.6 is 11.8 Å². The summed E-state index contributed by atoms with van der Waals surface area (Å²) in [7, 11) is 0. The maximum atomic E-state index is 10.0. The predicted octanol–water partition coefficient (Wildman–Crippen LogP) is 7.47. The fourth-order valence-corrected chi connectivity index (χ4v) is 4.53. The van der Waals surface area contributed by atoms with Gasteiger partial charge in [-0.2, -0.15) is 5.26 Å². The number of thioether (sulfide) groups is 1. The van der Waals surface area contributed by atoms with Gasteiger partial charge in [0, 0.05) is 16.9 Å². The first-order chi connectivity index (χ1) is 16.2. The van der Waals surface area contributed by atoms with E-state index in [-0.39, 0.29) is 0 Å². The zero-order valence-electron chi connectivity index (χ0n) is 18.9. The van der Waals surface area contributed by atoms with Crippen molar-refractivity contribution in [2.75, 3.05) is 12.4 Å². The van der Waals surface area contributed by atoms with Gasteiger partial charge in [0.25, 0.3) is 0 Å². The van der Waals surface area contributed by atoms with Crippen LogP contribution in [0.15, 0.2) is 90.0 Å². The topological polar surface area (TPSA) is 45.9 Å². The lowest BCUT2D eigenvalue weighted by atomic mass is 9.99. The zero-order chi connectivity index (χ0) is 23.0. The Labute approximate surface area is 200 Å². The smallest absolute Gasteiger partial charge is 0.122 e. The largest absolute Gasteiger partial charge is 0.493 e. The Bertz CT molecular complexity index is 1260. The molecule has 0 aliphatic rings. The summed E-state index contributed by atoms with van der Waals surface area (Å²) in [5, 5.41) is 10.8. The van der Waals surface area contributed by atoms with Crippen LogP contribution in [0.2, 0.25) is 0 Å². The van der Waals surface area contributed by atoms with Crippen LogP contribution in [0.3, 0.4) is 0 Å². The molecule has 1 aromatic heterocycles. The molecule has 0 aliphatic heterocycles. The number of rotatable bonds is 8. The van der Waals surface area contributed by atoms with Crippen LogP contribution < -0.4 is 4.74 Å². The van der Waals surface area contributed by atoms with Crippen molar-refractivity contribution in [2.24, 2.45) is 0 Å². The molecule has 0 saturated carbocycles. The van der Waals surface area contributed by atoms with Gasteiger partial charge in [-0.3, -0.25) is 0 Å². The van der Waals surface area contributed by atoms with Gasteiger partial charge >= 0.3 is 0 Å². The van der Waals surface area contributed by atoms with Gasteiger partial charge < -0.3 is 4.74 Å². The molecule has 1 heterocycles. The van der Waals surface area contributed by atoms with Gasteiger partial charge in [0.1, 0.15) is 16.8 Å². The number of ether oxygens (including phenoxy) is 1. The molecule has 0 radical (unpaired) electrons. The van der Waals surface area contributed by atoms with E-state index in [2.05, 4.69) is 50.2 Å². The lowest BCUT2D eigenvalue weighted by Gasteiger charge is -2.13. The highest BCUT2D eigenvalue weighted by Gasteiger charge is 2.15. The second kappa shape index (κ2) is 10.8. The van der Waals surface area contributed by atoms with E-state index < -0.39 is 0 Å². The van der Waals surface area contributed by atoms with Gasteiger partial charge in [0.05, 0.1) is 17.9 Å². The van der Waals surface area contributed by atoms with E-state index in [1.165, 1.54) is 5.56 Å². The van der Waals surface area contributed by atoms with E-state index in [9.17, 15) is 5.26 Å². The van der Waals surface area contributed by atoms with Crippen molar-refractivity contribution < 1.29 is 4.74 Å². The van der Waals surface area contributed by atoms with E-state index >= 15 is 0 Å². The molecule has 164 valence electrons. The van der Waals surface area contributed by atoms with Crippen molar-refractivity contribution in [2.45, 2.75) is 25.3 Å². The highest BCUT2D eigenvalue weighted by molar-refractivity contribution is 7.99. The van der Waals surface area contributed by atoms with Gasteiger partial charge in [-0.25, -0.2) is 4.98 Å². The number of hydrogen-bond donors (Lipinski definition) is 0. The quantitative estimate of drug-likeness (QED) is 0.206. The summed E-state index contributed by atoms with van der Waals surface area (Å²) in [6.07, 6.45) is 0.862. The van der Waals surface area contributed by atoms with Crippen LogP contribution in [0, 0.1) is 25.2 Å². The van der Waals surface area contributed by atoms with E-state index in [0.29, 0.717) is 12.2 Å². The van der Waals surface area contributed by atoms with Crippen LogP contribution in [0.5, 0.6) is 5.75 Å². The highest BCUT2D eigenvalue weighted by Crippen LogP contribution is 2.34. The minimum Gasteiger partial charge on any atom is -0.493 e. The summed E-state index contributed by atoms with van der Waals surface area (Å²) in [5.41, 5.74) is 6.82. The van der Waals surface area contributed by atoms with Crippen molar-refractivity contribution in [3.8, 4) is 34.2 Å². The average Bonchev–Trinajstić information content (AvgIpc) is 2.86. The molecular formula is C29H26N2OS. The Balaban J connectivity index is 1.55. The number of nitriles is 1. The molecule has 4 heteroatoms. The molecule has 0 atom stereocenters. The molecule has 3 nitrogen and oxygen atoms in total. The predicted molar refractivity (Wildman–Crippen MR) is 137 cm³/mol. The zero-order valence-corrected chi connectivity index (χ0v) is 19.7. The summed E-state index contributed by atoms with van der Waals surface area (Å²) in [5.74, 6) is 1.76. The van der Waals surface area contributed by atoms with Crippen LogP contribution in [0.1, 0.15) is 23.1 Å². The summed E-state index contributed by atoms with van der Waals surface area (Å²) in [4.78, 5) is 4.88.